The van der Waals surface area contributed by atoms with E-state index < -0.39 is 6.61 Å². The fourth-order valence-corrected chi connectivity index (χ4v) is 3.68. The number of ether oxygens (including phenoxy) is 1. The normalized spacial score (nSPS) is 10.9. The Bertz CT molecular complexity index is 1080. The molecule has 1 amide bonds. The van der Waals surface area contributed by atoms with Crippen molar-refractivity contribution in [3.8, 4) is 17.1 Å². The summed E-state index contributed by atoms with van der Waals surface area (Å²) in [6.07, 6.45) is 1.66. The van der Waals surface area contributed by atoms with Crippen molar-refractivity contribution in [3.63, 3.8) is 0 Å². The van der Waals surface area contributed by atoms with E-state index in [1.807, 2.05) is 0 Å². The van der Waals surface area contributed by atoms with Gasteiger partial charge in [-0.1, -0.05) is 41.0 Å². The third kappa shape index (κ3) is 6.19. The summed E-state index contributed by atoms with van der Waals surface area (Å²) in [5, 5.41) is 12.3. The van der Waals surface area contributed by atoms with Gasteiger partial charge in [0.2, 0.25) is 5.91 Å². The summed E-state index contributed by atoms with van der Waals surface area (Å²) >= 11 is 13.2. The van der Waals surface area contributed by atoms with E-state index in [1.165, 1.54) is 23.9 Å². The average molecular weight is 485 g/mol. The van der Waals surface area contributed by atoms with E-state index in [0.29, 0.717) is 38.8 Å². The number of nitrogens with zero attached hydrogens (tertiary/aromatic N) is 3. The molecule has 162 valence electrons. The van der Waals surface area contributed by atoms with Crippen LogP contribution >= 0.6 is 35.0 Å². The van der Waals surface area contributed by atoms with Crippen molar-refractivity contribution in [2.75, 3.05) is 11.1 Å². The second-order valence-corrected chi connectivity index (χ2v) is 7.86. The van der Waals surface area contributed by atoms with Crippen molar-refractivity contribution >= 4 is 46.6 Å². The summed E-state index contributed by atoms with van der Waals surface area (Å²) in [5.74, 6) is 0.306. The molecule has 2 aromatic carbocycles. The van der Waals surface area contributed by atoms with Crippen LogP contribution < -0.4 is 10.1 Å². The predicted molar refractivity (Wildman–Crippen MR) is 118 cm³/mol. The first-order chi connectivity index (χ1) is 14.9. The highest BCUT2D eigenvalue weighted by atomic mass is 35.5. The third-order valence-electron chi connectivity index (χ3n) is 3.90. The van der Waals surface area contributed by atoms with Crippen molar-refractivity contribution < 1.29 is 18.3 Å². The maximum atomic E-state index is 12.3. The molecule has 0 unspecified atom stereocenters. The van der Waals surface area contributed by atoms with Gasteiger partial charge in [0.1, 0.15) is 5.75 Å². The van der Waals surface area contributed by atoms with Crippen LogP contribution in [-0.2, 0) is 11.3 Å². The van der Waals surface area contributed by atoms with Gasteiger partial charge >= 0.3 is 6.61 Å². The van der Waals surface area contributed by atoms with Crippen LogP contribution in [0.2, 0.25) is 10.0 Å². The van der Waals surface area contributed by atoms with Gasteiger partial charge in [-0.3, -0.25) is 9.36 Å². The third-order valence-corrected chi connectivity index (χ3v) is 5.43. The number of rotatable bonds is 9. The molecule has 31 heavy (non-hydrogen) atoms. The van der Waals surface area contributed by atoms with Crippen LogP contribution in [0.4, 0.5) is 14.5 Å². The molecule has 1 heterocycles. The molecule has 0 saturated carbocycles. The van der Waals surface area contributed by atoms with Crippen LogP contribution in [0.15, 0.2) is 60.3 Å². The molecular weight excluding hydrogens is 469 g/mol. The topological polar surface area (TPSA) is 69.0 Å². The SMILES string of the molecule is C=CCn1c(SCC(=O)Nc2cc(Cl)ccc2Cl)nnc1-c1ccc(OC(F)F)cc1. The van der Waals surface area contributed by atoms with Gasteiger partial charge in [-0.05, 0) is 42.5 Å². The van der Waals surface area contributed by atoms with Crippen LogP contribution in [0.5, 0.6) is 5.75 Å². The minimum absolute atomic E-state index is 0.0412. The number of nitrogens with one attached hydrogen (secondary N) is 1. The first-order valence-electron chi connectivity index (χ1n) is 8.84. The number of thioether (sulfide) groups is 1. The summed E-state index contributed by atoms with van der Waals surface area (Å²) in [6.45, 7) is 1.23. The van der Waals surface area contributed by atoms with Gasteiger partial charge in [-0.2, -0.15) is 8.78 Å². The van der Waals surface area contributed by atoms with E-state index in [9.17, 15) is 13.6 Å². The highest BCUT2D eigenvalue weighted by Gasteiger charge is 2.16. The van der Waals surface area contributed by atoms with Gasteiger partial charge in [0, 0.05) is 17.1 Å². The quantitative estimate of drug-likeness (QED) is 0.308. The molecular formula is C20H16Cl2F2N4O2S. The number of benzene rings is 2. The number of allylic oxidation sites excluding steroid dienone is 1. The van der Waals surface area contributed by atoms with Gasteiger partial charge in [0.05, 0.1) is 16.5 Å². The smallest absolute Gasteiger partial charge is 0.387 e. The van der Waals surface area contributed by atoms with Crippen LogP contribution in [0.3, 0.4) is 0 Å². The second kappa shape index (κ2) is 10.6. The number of carbonyl (C=O) groups is 1. The molecule has 3 aromatic rings. The summed E-state index contributed by atoms with van der Waals surface area (Å²) in [5.41, 5.74) is 1.07. The van der Waals surface area contributed by atoms with Crippen molar-refractivity contribution in [2.45, 2.75) is 18.3 Å². The first-order valence-corrected chi connectivity index (χ1v) is 10.6. The van der Waals surface area contributed by atoms with E-state index in [0.717, 1.165) is 0 Å². The zero-order valence-corrected chi connectivity index (χ0v) is 18.2. The van der Waals surface area contributed by atoms with E-state index in [1.54, 1.807) is 41.0 Å². The summed E-state index contributed by atoms with van der Waals surface area (Å²) in [6, 6.07) is 10.8. The molecule has 11 heteroatoms. The Morgan fingerprint density at radius 1 is 1.23 bits per heavy atom. The lowest BCUT2D eigenvalue weighted by Crippen LogP contribution is -2.15. The Morgan fingerprint density at radius 3 is 2.65 bits per heavy atom. The van der Waals surface area contributed by atoms with Crippen LogP contribution in [0, 0.1) is 0 Å². The highest BCUT2D eigenvalue weighted by molar-refractivity contribution is 7.99. The molecule has 0 aliphatic heterocycles. The Labute approximate surface area is 191 Å². The van der Waals surface area contributed by atoms with Crippen LogP contribution in [-0.4, -0.2) is 33.0 Å². The number of halogens is 4. The van der Waals surface area contributed by atoms with Crippen molar-refractivity contribution in [1.82, 2.24) is 14.8 Å². The molecule has 3 rings (SSSR count). The monoisotopic (exact) mass is 484 g/mol. The molecule has 1 aromatic heterocycles. The van der Waals surface area contributed by atoms with E-state index in [4.69, 9.17) is 23.2 Å². The maximum absolute atomic E-state index is 12.3. The van der Waals surface area contributed by atoms with E-state index in [-0.39, 0.29) is 17.4 Å². The standard InChI is InChI=1S/C20H16Cl2F2N4O2S/c1-2-9-28-18(12-3-6-14(7-4-12)30-19(23)24)26-27-20(28)31-11-17(29)25-16-10-13(21)5-8-15(16)22/h2-8,10,19H,1,9,11H2,(H,25,29). The second-order valence-electron chi connectivity index (χ2n) is 6.07. The molecule has 0 radical (unpaired) electrons. The molecule has 0 bridgehead atoms. The number of carbonyl (C=O) groups excluding carboxylic acids is 1. The van der Waals surface area contributed by atoms with Crippen molar-refractivity contribution in [2.24, 2.45) is 0 Å². The van der Waals surface area contributed by atoms with Crippen molar-refractivity contribution in [3.05, 3.63) is 65.2 Å². The van der Waals surface area contributed by atoms with Gasteiger partial charge in [-0.15, -0.1) is 16.8 Å². The first kappa shape index (κ1) is 23.1. The number of alkyl halides is 2. The lowest BCUT2D eigenvalue weighted by atomic mass is 10.2. The van der Waals surface area contributed by atoms with Crippen LogP contribution in [0.1, 0.15) is 0 Å². The zero-order chi connectivity index (χ0) is 22.4. The summed E-state index contributed by atoms with van der Waals surface area (Å²) in [7, 11) is 0. The predicted octanol–water partition coefficient (Wildman–Crippen LogP) is 5.77. The van der Waals surface area contributed by atoms with E-state index in [2.05, 4.69) is 26.8 Å². The molecule has 0 aliphatic rings. The van der Waals surface area contributed by atoms with Gasteiger partial charge in [-0.25, -0.2) is 0 Å². The molecule has 0 atom stereocenters. The number of anilines is 1. The van der Waals surface area contributed by atoms with Crippen LogP contribution in [0.25, 0.3) is 11.4 Å². The number of amides is 1. The average Bonchev–Trinajstić information content (AvgIpc) is 3.12. The molecule has 0 fully saturated rings. The Morgan fingerprint density at radius 2 is 1.97 bits per heavy atom. The fraction of sp³-hybridized carbons (Fsp3) is 0.150. The molecule has 1 N–H and O–H groups in total. The summed E-state index contributed by atoms with van der Waals surface area (Å²) < 4.78 is 30.8. The Hall–Kier alpha value is -2.62. The lowest BCUT2D eigenvalue weighted by Gasteiger charge is -2.10. The number of hydrogen-bond donors (Lipinski definition) is 1. The molecule has 0 saturated heterocycles. The van der Waals surface area contributed by atoms with Crippen molar-refractivity contribution in [1.29, 1.82) is 0 Å². The Balaban J connectivity index is 1.72. The molecule has 0 spiro atoms. The minimum atomic E-state index is -2.90. The summed E-state index contributed by atoms with van der Waals surface area (Å²) in [4.78, 5) is 12.3. The largest absolute Gasteiger partial charge is 0.435 e. The fourth-order valence-electron chi connectivity index (χ4n) is 2.60. The number of hydrogen-bond acceptors (Lipinski definition) is 5. The minimum Gasteiger partial charge on any atom is -0.435 e. The number of aromatic nitrogens is 3. The highest BCUT2D eigenvalue weighted by Crippen LogP contribution is 2.28. The van der Waals surface area contributed by atoms with Gasteiger partial charge < -0.3 is 10.1 Å². The lowest BCUT2D eigenvalue weighted by molar-refractivity contribution is -0.113. The van der Waals surface area contributed by atoms with Gasteiger partial charge in [0.25, 0.3) is 0 Å². The Kier molecular flexibility index (Phi) is 7.89. The van der Waals surface area contributed by atoms with Gasteiger partial charge in [0.15, 0.2) is 11.0 Å². The zero-order valence-electron chi connectivity index (χ0n) is 15.9. The molecule has 6 nitrogen and oxygen atoms in total. The maximum Gasteiger partial charge on any atom is 0.387 e. The van der Waals surface area contributed by atoms with E-state index >= 15 is 0 Å². The molecule has 0 aliphatic carbocycles.